The van der Waals surface area contributed by atoms with Crippen LogP contribution in [0.15, 0.2) is 176 Å². The molecule has 9 aromatic carbocycles. The Morgan fingerprint density at radius 2 is 1.19 bits per heavy atom. The third-order valence-corrected chi connectivity index (χ3v) is 11.1. The molecule has 0 saturated carbocycles. The predicted molar refractivity (Wildman–Crippen MR) is 221 cm³/mol. The Kier molecular flexibility index (Phi) is 6.67. The summed E-state index contributed by atoms with van der Waals surface area (Å²) in [4.78, 5) is 0. The topological polar surface area (TPSA) is 29.0 Å². The van der Waals surface area contributed by atoms with E-state index in [1.807, 2.05) is 6.07 Å². The molecule has 2 N–H and O–H groups in total. The molecule has 3 heteroatoms. The minimum absolute atomic E-state index is 0.0504. The summed E-state index contributed by atoms with van der Waals surface area (Å²) >= 11 is 0. The minimum atomic E-state index is -0.0782. The van der Waals surface area contributed by atoms with Crippen molar-refractivity contribution >= 4 is 70.6 Å². The van der Waals surface area contributed by atoms with Gasteiger partial charge < -0.3 is 9.88 Å². The monoisotopic (exact) mass is 675 g/mol. The predicted octanol–water partition coefficient (Wildman–Crippen LogP) is 12.0. The molecular formula is C50H33N3. The van der Waals surface area contributed by atoms with Gasteiger partial charge in [-0.25, -0.2) is 0 Å². The number of nitrogens with one attached hydrogen (secondary N) is 2. The molecule has 0 bridgehead atoms. The Bertz CT molecular complexity index is 2980. The molecule has 3 nitrogen and oxygen atoms in total. The molecule has 2 heterocycles. The first-order valence-corrected chi connectivity index (χ1v) is 18.3. The van der Waals surface area contributed by atoms with E-state index in [1.54, 1.807) is 0 Å². The fourth-order valence-corrected chi connectivity index (χ4v) is 8.71. The summed E-state index contributed by atoms with van der Waals surface area (Å²) in [5.41, 5.74) is 8.28. The number of aromatic nitrogens is 1. The van der Waals surface area contributed by atoms with Gasteiger partial charge in [-0.3, -0.25) is 5.32 Å². The zero-order valence-corrected chi connectivity index (χ0v) is 28.8. The zero-order valence-electron chi connectivity index (χ0n) is 28.8. The van der Waals surface area contributed by atoms with Crippen LogP contribution >= 0.6 is 0 Å². The van der Waals surface area contributed by atoms with Gasteiger partial charge in [-0.15, -0.1) is 0 Å². The van der Waals surface area contributed by atoms with E-state index < -0.39 is 0 Å². The van der Waals surface area contributed by atoms with E-state index in [2.05, 4.69) is 197 Å². The van der Waals surface area contributed by atoms with E-state index in [4.69, 9.17) is 0 Å². The normalized spacial score (nSPS) is 16.0. The lowest BCUT2D eigenvalue weighted by Gasteiger charge is -2.34. The standard InChI is InChI=1S/C50H33N3/c1-2-16-35(17-3-1)50-51-43(40-24-12-18-32-13-4-7-19-36(32)40)31-44(52-50)41-27-30-45(42-23-11-10-22-39(41)42)53-46-28-25-33-14-5-8-20-37(33)48(46)49-38-21-9-6-15-34(38)26-29-47(49)53/h1-8,10-20,22-31,44,50-52H. The molecule has 0 radical (unpaired) electrons. The minimum Gasteiger partial charge on any atom is -0.366 e. The average Bonchev–Trinajstić information content (AvgIpc) is 3.58. The maximum atomic E-state index is 3.98. The van der Waals surface area contributed by atoms with Gasteiger partial charge in [0.2, 0.25) is 0 Å². The first-order valence-electron chi connectivity index (χ1n) is 18.3. The van der Waals surface area contributed by atoms with Crippen molar-refractivity contribution in [3.8, 4) is 5.69 Å². The highest BCUT2D eigenvalue weighted by Gasteiger charge is 2.27. The summed E-state index contributed by atoms with van der Waals surface area (Å²) < 4.78 is 2.46. The molecule has 0 saturated heterocycles. The van der Waals surface area contributed by atoms with Crippen molar-refractivity contribution in [1.82, 2.24) is 15.2 Å². The Hall–Kier alpha value is -6.86. The maximum Gasteiger partial charge on any atom is 0.104 e. The molecule has 1 aliphatic rings. The summed E-state index contributed by atoms with van der Waals surface area (Å²) in [6, 6.07) is 68.0. The summed E-state index contributed by atoms with van der Waals surface area (Å²) in [7, 11) is 0. The van der Waals surface area contributed by atoms with Crippen molar-refractivity contribution in [3.63, 3.8) is 0 Å². The smallest absolute Gasteiger partial charge is 0.104 e. The number of nitrogens with zero attached hydrogens (tertiary/aromatic N) is 1. The SMILES string of the molecule is c1ccc2ccc3c(c2c#1)c1c2ccccc2ccc1n3-c1ccc(C2C=C(c3cccc4ccccc34)NC(c3ccccc3)N2)c2ccccc12. The summed E-state index contributed by atoms with van der Waals surface area (Å²) in [5.74, 6) is 0. The van der Waals surface area contributed by atoms with Crippen molar-refractivity contribution in [3.05, 3.63) is 205 Å². The van der Waals surface area contributed by atoms with E-state index in [0.29, 0.717) is 0 Å². The lowest BCUT2D eigenvalue weighted by atomic mass is 9.92. The molecule has 0 fully saturated rings. The maximum absolute atomic E-state index is 3.98. The first kappa shape index (κ1) is 29.8. The number of hydrogen-bond donors (Lipinski definition) is 2. The molecule has 10 aromatic rings. The van der Waals surface area contributed by atoms with Gasteiger partial charge in [0.05, 0.1) is 22.8 Å². The van der Waals surface area contributed by atoms with E-state index >= 15 is 0 Å². The van der Waals surface area contributed by atoms with Crippen molar-refractivity contribution in [2.24, 2.45) is 0 Å². The Morgan fingerprint density at radius 1 is 0.509 bits per heavy atom. The second kappa shape index (κ2) is 11.9. The fraction of sp³-hybridized carbons (Fsp3) is 0.0400. The molecule has 2 atom stereocenters. The van der Waals surface area contributed by atoms with Gasteiger partial charge in [-0.1, -0.05) is 152 Å². The van der Waals surface area contributed by atoms with Crippen LogP contribution in [0.5, 0.6) is 0 Å². The van der Waals surface area contributed by atoms with Gasteiger partial charge in [-0.05, 0) is 79.9 Å². The molecule has 248 valence electrons. The van der Waals surface area contributed by atoms with Crippen LogP contribution in [0.1, 0.15) is 28.9 Å². The van der Waals surface area contributed by atoms with Crippen molar-refractivity contribution in [2.75, 3.05) is 0 Å². The van der Waals surface area contributed by atoms with E-state index in [9.17, 15) is 0 Å². The second-order valence-electron chi connectivity index (χ2n) is 14.0. The van der Waals surface area contributed by atoms with Gasteiger partial charge in [0.1, 0.15) is 6.17 Å². The van der Waals surface area contributed by atoms with Crippen LogP contribution in [-0.4, -0.2) is 4.57 Å². The van der Waals surface area contributed by atoms with E-state index in [-0.39, 0.29) is 12.2 Å². The lowest BCUT2D eigenvalue weighted by molar-refractivity contribution is 0.444. The molecule has 1 aromatic heterocycles. The number of benzene rings is 8. The van der Waals surface area contributed by atoms with Crippen LogP contribution in [-0.2, 0) is 0 Å². The third kappa shape index (κ3) is 4.67. The highest BCUT2D eigenvalue weighted by Crippen LogP contribution is 2.43. The van der Waals surface area contributed by atoms with Crippen LogP contribution in [0.2, 0.25) is 0 Å². The quantitative estimate of drug-likeness (QED) is 0.194. The van der Waals surface area contributed by atoms with Crippen LogP contribution in [0.3, 0.4) is 0 Å². The molecule has 53 heavy (non-hydrogen) atoms. The highest BCUT2D eigenvalue weighted by molar-refractivity contribution is 6.28. The highest BCUT2D eigenvalue weighted by atomic mass is 15.2. The van der Waals surface area contributed by atoms with Gasteiger partial charge in [0.25, 0.3) is 0 Å². The van der Waals surface area contributed by atoms with Crippen molar-refractivity contribution in [1.29, 1.82) is 0 Å². The van der Waals surface area contributed by atoms with Gasteiger partial charge in [0.15, 0.2) is 0 Å². The lowest BCUT2D eigenvalue weighted by Crippen LogP contribution is -2.39. The number of rotatable bonds is 4. The molecule has 0 spiro atoms. The molecule has 0 aliphatic carbocycles. The molecule has 1 aliphatic heterocycles. The van der Waals surface area contributed by atoms with Crippen LogP contribution in [0.25, 0.3) is 76.3 Å². The fourth-order valence-electron chi connectivity index (χ4n) is 8.71. The van der Waals surface area contributed by atoms with Crippen LogP contribution in [0.4, 0.5) is 0 Å². The first-order chi connectivity index (χ1) is 26.3. The zero-order chi connectivity index (χ0) is 34.9. The number of fused-ring (bicyclic) bond motifs is 9. The average molecular weight is 676 g/mol. The van der Waals surface area contributed by atoms with Gasteiger partial charge in [-0.2, -0.15) is 0 Å². The third-order valence-electron chi connectivity index (χ3n) is 11.1. The van der Waals surface area contributed by atoms with Gasteiger partial charge in [0, 0.05) is 32.8 Å². The van der Waals surface area contributed by atoms with E-state index in [0.717, 1.165) is 16.8 Å². The summed E-state index contributed by atoms with van der Waals surface area (Å²) in [5, 5.41) is 20.0. The summed E-state index contributed by atoms with van der Waals surface area (Å²) in [6.45, 7) is 0. The largest absolute Gasteiger partial charge is 0.366 e. The van der Waals surface area contributed by atoms with Crippen molar-refractivity contribution < 1.29 is 0 Å². The Balaban J connectivity index is 1.15. The molecule has 2 unspecified atom stereocenters. The molecule has 0 amide bonds. The Labute approximate surface area is 307 Å². The molecular weight excluding hydrogens is 643 g/mol. The van der Waals surface area contributed by atoms with Crippen molar-refractivity contribution in [2.45, 2.75) is 12.2 Å². The number of hydrogen-bond acceptors (Lipinski definition) is 2. The van der Waals surface area contributed by atoms with Crippen LogP contribution < -0.4 is 10.6 Å². The second-order valence-corrected chi connectivity index (χ2v) is 14.0. The van der Waals surface area contributed by atoms with Crippen LogP contribution in [0, 0.1) is 12.1 Å². The summed E-state index contributed by atoms with van der Waals surface area (Å²) in [6.07, 6.45) is 2.29. The Morgan fingerprint density at radius 3 is 2.04 bits per heavy atom. The van der Waals surface area contributed by atoms with Gasteiger partial charge >= 0.3 is 0 Å². The molecule has 11 rings (SSSR count). The van der Waals surface area contributed by atoms with E-state index in [1.165, 1.54) is 76.2 Å².